The average Bonchev–Trinajstić information content (AvgIpc) is 2.53. The van der Waals surface area contributed by atoms with Crippen molar-refractivity contribution in [2.75, 3.05) is 51.3 Å². The van der Waals surface area contributed by atoms with E-state index in [1.54, 1.807) is 7.11 Å². The van der Waals surface area contributed by atoms with E-state index < -0.39 is 0 Å². The van der Waals surface area contributed by atoms with Gasteiger partial charge < -0.3 is 15.4 Å². The standard InChI is InChI=1S/C16H26ClN3O/c1-3-16(12-18,13-21-2)20-10-8-19(9-11-20)15-7-5-4-6-14(15)17/h4-7H,3,8-13,18H2,1-2H3. The number of hydrogen-bond acceptors (Lipinski definition) is 4. The highest BCUT2D eigenvalue weighted by Crippen LogP contribution is 2.28. The topological polar surface area (TPSA) is 41.7 Å². The molecule has 1 saturated heterocycles. The second-order valence-electron chi connectivity index (χ2n) is 5.64. The zero-order valence-corrected chi connectivity index (χ0v) is 13.8. The van der Waals surface area contributed by atoms with E-state index >= 15 is 0 Å². The molecule has 0 spiro atoms. The molecule has 2 rings (SSSR count). The highest BCUT2D eigenvalue weighted by molar-refractivity contribution is 6.33. The molecule has 1 atom stereocenters. The first-order valence-electron chi connectivity index (χ1n) is 7.60. The molecule has 1 unspecified atom stereocenters. The highest BCUT2D eigenvalue weighted by Gasteiger charge is 2.36. The van der Waals surface area contributed by atoms with Crippen molar-refractivity contribution >= 4 is 17.3 Å². The Hall–Kier alpha value is -0.810. The molecular formula is C16H26ClN3O. The summed E-state index contributed by atoms with van der Waals surface area (Å²) in [5.41, 5.74) is 7.13. The zero-order valence-electron chi connectivity index (χ0n) is 13.0. The van der Waals surface area contributed by atoms with Crippen LogP contribution in [0, 0.1) is 0 Å². The summed E-state index contributed by atoms with van der Waals surface area (Å²) in [4.78, 5) is 4.83. The predicted octanol–water partition coefficient (Wildman–Crippen LogP) is 2.22. The Morgan fingerprint density at radius 1 is 1.24 bits per heavy atom. The van der Waals surface area contributed by atoms with Crippen molar-refractivity contribution in [3.8, 4) is 0 Å². The third kappa shape index (κ3) is 3.51. The van der Waals surface area contributed by atoms with Crippen LogP contribution >= 0.6 is 11.6 Å². The monoisotopic (exact) mass is 311 g/mol. The van der Waals surface area contributed by atoms with Crippen molar-refractivity contribution in [1.29, 1.82) is 0 Å². The molecule has 1 aliphatic heterocycles. The van der Waals surface area contributed by atoms with Crippen LogP contribution in [0.5, 0.6) is 0 Å². The Morgan fingerprint density at radius 3 is 2.43 bits per heavy atom. The SMILES string of the molecule is CCC(CN)(COC)N1CCN(c2ccccc2Cl)CC1. The molecule has 0 aliphatic carbocycles. The van der Waals surface area contributed by atoms with Crippen LogP contribution in [-0.2, 0) is 4.74 Å². The molecule has 1 fully saturated rings. The van der Waals surface area contributed by atoms with Crippen LogP contribution in [-0.4, -0.2) is 56.9 Å². The fourth-order valence-corrected chi connectivity index (χ4v) is 3.40. The van der Waals surface area contributed by atoms with E-state index in [4.69, 9.17) is 22.1 Å². The molecule has 2 N–H and O–H groups in total. The van der Waals surface area contributed by atoms with Crippen LogP contribution in [0.3, 0.4) is 0 Å². The molecule has 0 aromatic heterocycles. The number of benzene rings is 1. The van der Waals surface area contributed by atoms with Crippen LogP contribution in [0.1, 0.15) is 13.3 Å². The Balaban J connectivity index is 2.04. The maximum atomic E-state index is 6.29. The smallest absolute Gasteiger partial charge is 0.0658 e. The summed E-state index contributed by atoms with van der Waals surface area (Å²) in [6, 6.07) is 8.04. The lowest BCUT2D eigenvalue weighted by Crippen LogP contribution is -2.62. The first kappa shape index (κ1) is 16.6. The van der Waals surface area contributed by atoms with Crippen molar-refractivity contribution in [3.05, 3.63) is 29.3 Å². The Morgan fingerprint density at radius 2 is 1.90 bits per heavy atom. The number of nitrogens with zero attached hydrogens (tertiary/aromatic N) is 2. The quantitative estimate of drug-likeness (QED) is 0.874. The number of piperazine rings is 1. The van der Waals surface area contributed by atoms with Crippen LogP contribution < -0.4 is 10.6 Å². The molecule has 0 radical (unpaired) electrons. The van der Waals surface area contributed by atoms with E-state index in [2.05, 4.69) is 22.8 Å². The molecule has 0 bridgehead atoms. The Bertz CT molecular complexity index is 443. The van der Waals surface area contributed by atoms with Gasteiger partial charge in [-0.05, 0) is 18.6 Å². The number of para-hydroxylation sites is 1. The number of methoxy groups -OCH3 is 1. The van der Waals surface area contributed by atoms with Crippen LogP contribution in [0.15, 0.2) is 24.3 Å². The molecule has 5 heteroatoms. The number of ether oxygens (including phenoxy) is 1. The summed E-state index contributed by atoms with van der Waals surface area (Å²) in [6.45, 7) is 7.41. The van der Waals surface area contributed by atoms with E-state index in [9.17, 15) is 0 Å². The predicted molar refractivity (Wildman–Crippen MR) is 89.2 cm³/mol. The van der Waals surface area contributed by atoms with Crippen LogP contribution in [0.2, 0.25) is 5.02 Å². The Kier molecular flexibility index (Phi) is 5.88. The molecule has 21 heavy (non-hydrogen) atoms. The van der Waals surface area contributed by atoms with Crippen molar-refractivity contribution < 1.29 is 4.74 Å². The summed E-state index contributed by atoms with van der Waals surface area (Å²) < 4.78 is 5.42. The molecule has 1 aromatic rings. The number of anilines is 1. The molecule has 4 nitrogen and oxygen atoms in total. The number of nitrogens with two attached hydrogens (primary N) is 1. The van der Waals surface area contributed by atoms with Gasteiger partial charge in [-0.3, -0.25) is 4.90 Å². The lowest BCUT2D eigenvalue weighted by molar-refractivity contribution is 0.00856. The number of halogens is 1. The third-order valence-corrected chi connectivity index (χ3v) is 4.91. The van der Waals surface area contributed by atoms with Gasteiger partial charge in [-0.1, -0.05) is 30.7 Å². The van der Waals surface area contributed by atoms with Gasteiger partial charge in [0.1, 0.15) is 0 Å². The molecule has 0 saturated carbocycles. The summed E-state index contributed by atoms with van der Waals surface area (Å²) in [6.07, 6.45) is 1.00. The van der Waals surface area contributed by atoms with E-state index in [0.29, 0.717) is 13.2 Å². The second kappa shape index (κ2) is 7.45. The minimum absolute atomic E-state index is 0.0404. The zero-order chi connectivity index (χ0) is 15.3. The normalized spacial score (nSPS) is 19.5. The van der Waals surface area contributed by atoms with Gasteiger partial charge in [0.25, 0.3) is 0 Å². The number of rotatable bonds is 6. The van der Waals surface area contributed by atoms with Crippen molar-refractivity contribution in [2.45, 2.75) is 18.9 Å². The van der Waals surface area contributed by atoms with Gasteiger partial charge in [-0.25, -0.2) is 0 Å². The fraction of sp³-hybridized carbons (Fsp3) is 0.625. The van der Waals surface area contributed by atoms with Crippen LogP contribution in [0.4, 0.5) is 5.69 Å². The summed E-state index contributed by atoms with van der Waals surface area (Å²) >= 11 is 6.29. The fourth-order valence-electron chi connectivity index (χ4n) is 3.15. The van der Waals surface area contributed by atoms with Gasteiger partial charge in [0.05, 0.1) is 22.9 Å². The van der Waals surface area contributed by atoms with E-state index in [-0.39, 0.29) is 5.54 Å². The molecule has 1 aromatic carbocycles. The van der Waals surface area contributed by atoms with Crippen molar-refractivity contribution in [1.82, 2.24) is 4.90 Å². The first-order chi connectivity index (χ1) is 10.2. The summed E-state index contributed by atoms with van der Waals surface area (Å²) in [5, 5.41) is 0.823. The lowest BCUT2D eigenvalue weighted by Gasteiger charge is -2.47. The lowest BCUT2D eigenvalue weighted by atomic mass is 9.93. The molecule has 1 heterocycles. The van der Waals surface area contributed by atoms with Gasteiger partial charge in [0.2, 0.25) is 0 Å². The van der Waals surface area contributed by atoms with Gasteiger partial charge >= 0.3 is 0 Å². The van der Waals surface area contributed by atoms with Gasteiger partial charge in [-0.15, -0.1) is 0 Å². The van der Waals surface area contributed by atoms with Crippen molar-refractivity contribution in [2.24, 2.45) is 5.73 Å². The minimum Gasteiger partial charge on any atom is -0.383 e. The summed E-state index contributed by atoms with van der Waals surface area (Å²) in [7, 11) is 1.75. The summed E-state index contributed by atoms with van der Waals surface area (Å²) in [5.74, 6) is 0. The van der Waals surface area contributed by atoms with E-state index in [1.165, 1.54) is 0 Å². The van der Waals surface area contributed by atoms with E-state index in [1.807, 2.05) is 18.2 Å². The van der Waals surface area contributed by atoms with E-state index in [0.717, 1.165) is 43.3 Å². The second-order valence-corrected chi connectivity index (χ2v) is 6.05. The Labute approximate surface area is 132 Å². The minimum atomic E-state index is -0.0404. The maximum Gasteiger partial charge on any atom is 0.0658 e. The van der Waals surface area contributed by atoms with Gasteiger partial charge in [0, 0.05) is 39.8 Å². The van der Waals surface area contributed by atoms with Gasteiger partial charge in [0.15, 0.2) is 0 Å². The van der Waals surface area contributed by atoms with Crippen LogP contribution in [0.25, 0.3) is 0 Å². The largest absolute Gasteiger partial charge is 0.383 e. The molecule has 0 amide bonds. The van der Waals surface area contributed by atoms with Gasteiger partial charge in [-0.2, -0.15) is 0 Å². The average molecular weight is 312 g/mol. The molecular weight excluding hydrogens is 286 g/mol. The molecule has 1 aliphatic rings. The maximum absolute atomic E-state index is 6.29. The highest BCUT2D eigenvalue weighted by atomic mass is 35.5. The van der Waals surface area contributed by atoms with Crippen molar-refractivity contribution in [3.63, 3.8) is 0 Å². The third-order valence-electron chi connectivity index (χ3n) is 4.59. The number of hydrogen-bond donors (Lipinski definition) is 1. The first-order valence-corrected chi connectivity index (χ1v) is 7.98. The molecule has 118 valence electrons.